The second kappa shape index (κ2) is 7.09. The van der Waals surface area contributed by atoms with Crippen molar-refractivity contribution >= 4 is 0 Å². The quantitative estimate of drug-likeness (QED) is 0.889. The predicted molar refractivity (Wildman–Crippen MR) is 83.6 cm³/mol. The van der Waals surface area contributed by atoms with E-state index in [0.717, 1.165) is 0 Å². The van der Waals surface area contributed by atoms with Crippen molar-refractivity contribution < 1.29 is 9.47 Å². The first-order chi connectivity index (χ1) is 10.5. The van der Waals surface area contributed by atoms with Crippen LogP contribution in [0, 0.1) is 0 Å². The Morgan fingerprint density at radius 2 is 1.86 bits per heavy atom. The summed E-state index contributed by atoms with van der Waals surface area (Å²) in [5.74, 6) is 0.680. The van der Waals surface area contributed by atoms with E-state index in [1.165, 1.54) is 4.57 Å². The van der Waals surface area contributed by atoms with Crippen molar-refractivity contribution in [2.75, 3.05) is 6.61 Å². The zero-order valence-corrected chi connectivity index (χ0v) is 13.0. The molecule has 6 nitrogen and oxygen atoms in total. The van der Waals surface area contributed by atoms with Crippen molar-refractivity contribution in [3.05, 3.63) is 56.7 Å². The molecule has 0 saturated carbocycles. The molecule has 1 aromatic carbocycles. The van der Waals surface area contributed by atoms with Crippen molar-refractivity contribution in [1.82, 2.24) is 9.55 Å². The van der Waals surface area contributed by atoms with Gasteiger partial charge in [-0.05, 0) is 25.0 Å². The van der Waals surface area contributed by atoms with E-state index in [2.05, 4.69) is 4.98 Å². The van der Waals surface area contributed by atoms with E-state index in [4.69, 9.17) is 9.47 Å². The average molecular weight is 304 g/mol. The van der Waals surface area contributed by atoms with E-state index >= 15 is 0 Å². The van der Waals surface area contributed by atoms with Crippen LogP contribution in [0.25, 0.3) is 0 Å². The molecule has 1 N–H and O–H groups in total. The van der Waals surface area contributed by atoms with Crippen LogP contribution in [-0.2, 0) is 11.5 Å². The minimum absolute atomic E-state index is 0.0218. The lowest BCUT2D eigenvalue weighted by atomic mass is 10.1. The third-order valence-electron chi connectivity index (χ3n) is 3.15. The molecule has 0 fully saturated rings. The normalized spacial score (nSPS) is 10.9. The van der Waals surface area contributed by atoms with Gasteiger partial charge in [-0.1, -0.05) is 32.0 Å². The maximum absolute atomic E-state index is 12.1. The smallest absolute Gasteiger partial charge is 0.333 e. The summed E-state index contributed by atoms with van der Waals surface area (Å²) < 4.78 is 12.4. The van der Waals surface area contributed by atoms with Crippen molar-refractivity contribution in [3.8, 4) is 11.6 Å². The van der Waals surface area contributed by atoms with E-state index in [9.17, 15) is 9.59 Å². The highest BCUT2D eigenvalue weighted by Gasteiger charge is 2.19. The summed E-state index contributed by atoms with van der Waals surface area (Å²) in [5, 5.41) is 0. The molecule has 0 spiro atoms. The highest BCUT2D eigenvalue weighted by Crippen LogP contribution is 2.26. The highest BCUT2D eigenvalue weighted by molar-refractivity contribution is 5.33. The van der Waals surface area contributed by atoms with Gasteiger partial charge in [-0.2, -0.15) is 0 Å². The van der Waals surface area contributed by atoms with Crippen molar-refractivity contribution in [2.24, 2.45) is 0 Å². The van der Waals surface area contributed by atoms with E-state index in [1.54, 1.807) is 12.1 Å². The number of hydrogen-bond acceptors (Lipinski definition) is 4. The van der Waals surface area contributed by atoms with Gasteiger partial charge in [-0.15, -0.1) is 0 Å². The van der Waals surface area contributed by atoms with Crippen LogP contribution in [0.4, 0.5) is 0 Å². The fourth-order valence-corrected chi connectivity index (χ4v) is 2.09. The minimum atomic E-state index is -0.547. The second-order valence-corrected chi connectivity index (χ2v) is 5.10. The number of aromatic amines is 1. The summed E-state index contributed by atoms with van der Waals surface area (Å²) in [6.45, 7) is 6.05. The average Bonchev–Trinajstić information content (AvgIpc) is 2.47. The molecule has 1 aromatic heterocycles. The molecule has 0 unspecified atom stereocenters. The van der Waals surface area contributed by atoms with E-state index < -0.39 is 11.2 Å². The monoisotopic (exact) mass is 304 g/mol. The third-order valence-corrected chi connectivity index (χ3v) is 3.15. The third kappa shape index (κ3) is 3.46. The Morgan fingerprint density at radius 3 is 2.45 bits per heavy atom. The van der Waals surface area contributed by atoms with Gasteiger partial charge in [-0.3, -0.25) is 9.78 Å². The van der Waals surface area contributed by atoms with Crippen LogP contribution < -0.4 is 16.0 Å². The lowest BCUT2D eigenvalue weighted by molar-refractivity contribution is 0.0787. The van der Waals surface area contributed by atoms with E-state index in [0.29, 0.717) is 17.9 Å². The Kier molecular flexibility index (Phi) is 5.16. The zero-order chi connectivity index (χ0) is 16.1. The highest BCUT2D eigenvalue weighted by atomic mass is 16.5. The van der Waals surface area contributed by atoms with Crippen molar-refractivity contribution in [2.45, 2.75) is 33.4 Å². The molecule has 0 aliphatic carbocycles. The maximum Gasteiger partial charge on any atom is 0.333 e. The van der Waals surface area contributed by atoms with Gasteiger partial charge >= 0.3 is 5.69 Å². The molecule has 2 aromatic rings. The lowest BCUT2D eigenvalue weighted by Gasteiger charge is -2.18. The van der Waals surface area contributed by atoms with Gasteiger partial charge in [-0.25, -0.2) is 9.36 Å². The molecular weight excluding hydrogens is 284 g/mol. The Hall–Kier alpha value is -2.34. The molecule has 0 bridgehead atoms. The number of nitrogens with zero attached hydrogens (tertiary/aromatic N) is 1. The van der Waals surface area contributed by atoms with E-state index in [-0.39, 0.29) is 18.5 Å². The number of nitrogens with one attached hydrogen (secondary N) is 1. The lowest BCUT2D eigenvalue weighted by Crippen LogP contribution is -2.34. The summed E-state index contributed by atoms with van der Waals surface area (Å²) in [6, 6.07) is 9.04. The first-order valence-corrected chi connectivity index (χ1v) is 7.22. The summed E-state index contributed by atoms with van der Waals surface area (Å²) in [4.78, 5) is 26.5. The Morgan fingerprint density at radius 1 is 1.18 bits per heavy atom. The molecule has 6 heteroatoms. The van der Waals surface area contributed by atoms with Crippen molar-refractivity contribution in [3.63, 3.8) is 0 Å². The van der Waals surface area contributed by atoms with Gasteiger partial charge in [0, 0.05) is 6.61 Å². The van der Waals surface area contributed by atoms with Gasteiger partial charge in [0.15, 0.2) is 0 Å². The van der Waals surface area contributed by atoms with Crippen LogP contribution in [0.5, 0.6) is 11.6 Å². The Labute approximate surface area is 128 Å². The summed E-state index contributed by atoms with van der Waals surface area (Å²) >= 11 is 0. The van der Waals surface area contributed by atoms with E-state index in [1.807, 2.05) is 39.0 Å². The van der Waals surface area contributed by atoms with Crippen LogP contribution in [0.15, 0.2) is 39.9 Å². The Bertz CT molecular complexity index is 732. The van der Waals surface area contributed by atoms with Crippen LogP contribution in [-0.4, -0.2) is 16.2 Å². The number of rotatable bonds is 6. The van der Waals surface area contributed by atoms with Crippen LogP contribution >= 0.6 is 0 Å². The fraction of sp³-hybridized carbons (Fsp3) is 0.375. The molecule has 2 rings (SSSR count). The van der Waals surface area contributed by atoms with Gasteiger partial charge in [0.25, 0.3) is 5.56 Å². The number of aromatic nitrogens is 2. The molecule has 0 radical (unpaired) electrons. The Balaban J connectivity index is 2.59. The number of hydrogen-bond donors (Lipinski definition) is 1. The molecule has 0 saturated heterocycles. The van der Waals surface area contributed by atoms with Crippen LogP contribution in [0.2, 0.25) is 0 Å². The molecule has 0 amide bonds. The van der Waals surface area contributed by atoms with Gasteiger partial charge < -0.3 is 9.47 Å². The fourth-order valence-electron chi connectivity index (χ4n) is 2.09. The predicted octanol–water partition coefficient (Wildman–Crippen LogP) is 2.45. The van der Waals surface area contributed by atoms with Gasteiger partial charge in [0.2, 0.25) is 5.88 Å². The molecule has 0 aliphatic rings. The molecule has 0 atom stereocenters. The van der Waals surface area contributed by atoms with Crippen molar-refractivity contribution in [1.29, 1.82) is 0 Å². The first kappa shape index (κ1) is 16.0. The van der Waals surface area contributed by atoms with Gasteiger partial charge in [0.05, 0.1) is 5.56 Å². The molecule has 118 valence electrons. The number of ether oxygens (including phenoxy) is 2. The maximum atomic E-state index is 12.1. The molecular formula is C16H20N2O4. The standard InChI is InChI=1S/C16H20N2O4/c1-4-21-10-18-15(22-12-8-6-5-7-9-12)13(11(2)3)14(19)17-16(18)20/h5-9,11H,4,10H2,1-3H3,(H,17,19,20). The van der Waals surface area contributed by atoms with Crippen LogP contribution in [0.1, 0.15) is 32.3 Å². The first-order valence-electron chi connectivity index (χ1n) is 7.22. The number of benzene rings is 1. The number of H-pyrrole nitrogens is 1. The second-order valence-electron chi connectivity index (χ2n) is 5.10. The zero-order valence-electron chi connectivity index (χ0n) is 13.0. The summed E-state index contributed by atoms with van der Waals surface area (Å²) in [5.41, 5.74) is -0.560. The molecule has 1 heterocycles. The van der Waals surface area contributed by atoms with Crippen LogP contribution in [0.3, 0.4) is 0 Å². The molecule has 22 heavy (non-hydrogen) atoms. The minimum Gasteiger partial charge on any atom is -0.440 e. The summed E-state index contributed by atoms with van der Waals surface area (Å²) in [7, 11) is 0. The largest absolute Gasteiger partial charge is 0.440 e. The topological polar surface area (TPSA) is 73.3 Å². The summed E-state index contributed by atoms with van der Waals surface area (Å²) in [6.07, 6.45) is 0. The molecule has 0 aliphatic heterocycles. The van der Waals surface area contributed by atoms with Gasteiger partial charge in [0.1, 0.15) is 12.5 Å². The number of para-hydroxylation sites is 1. The SMILES string of the molecule is CCOCn1c(Oc2ccccc2)c(C(C)C)c(=O)[nH]c1=O.